The van der Waals surface area contributed by atoms with E-state index in [1.165, 1.54) is 0 Å². The Kier molecular flexibility index (Phi) is 8.17. The van der Waals surface area contributed by atoms with Crippen LogP contribution in [0.3, 0.4) is 0 Å². The fourth-order valence-electron chi connectivity index (χ4n) is 4.60. The maximum atomic E-state index is 13.7. The zero-order valence-electron chi connectivity index (χ0n) is 20.9. The molecule has 1 amide bonds. The highest BCUT2D eigenvalue weighted by Gasteiger charge is 2.21. The summed E-state index contributed by atoms with van der Waals surface area (Å²) in [7, 11) is 0. The molecule has 1 aliphatic rings. The summed E-state index contributed by atoms with van der Waals surface area (Å²) in [5.74, 6) is -0.288. The molecule has 1 aliphatic heterocycles. The largest absolute Gasteiger partial charge is 0.438 e. The van der Waals surface area contributed by atoms with E-state index in [4.69, 9.17) is 9.68 Å². The van der Waals surface area contributed by atoms with Gasteiger partial charge in [0.05, 0.1) is 23.1 Å². The fourth-order valence-corrected chi connectivity index (χ4v) is 4.96. The van der Waals surface area contributed by atoms with Crippen LogP contribution in [-0.2, 0) is 0 Å². The van der Waals surface area contributed by atoms with Crippen molar-refractivity contribution >= 4 is 49.9 Å². The number of carbonyl (C=O) groups is 1. The van der Waals surface area contributed by atoms with Crippen molar-refractivity contribution in [1.82, 2.24) is 4.90 Å². The number of hydrogen-bond donors (Lipinski definition) is 1. The van der Waals surface area contributed by atoms with Gasteiger partial charge >= 0.3 is 0 Å². The van der Waals surface area contributed by atoms with Crippen LogP contribution >= 0.6 is 15.9 Å². The van der Waals surface area contributed by atoms with Gasteiger partial charge in [-0.05, 0) is 55.4 Å². The summed E-state index contributed by atoms with van der Waals surface area (Å²) in [6.07, 6.45) is 1.48. The second-order valence-electron chi connectivity index (χ2n) is 9.16. The number of para-hydroxylation sites is 2. The third-order valence-electron chi connectivity index (χ3n) is 6.57. The van der Waals surface area contributed by atoms with Gasteiger partial charge in [-0.2, -0.15) is 5.26 Å². The van der Waals surface area contributed by atoms with Crippen LogP contribution < -0.4 is 15.8 Å². The third-order valence-corrected chi connectivity index (χ3v) is 7.06. The van der Waals surface area contributed by atoms with E-state index in [2.05, 4.69) is 42.1 Å². The Balaban J connectivity index is 1.43. The number of hydrogen-bond acceptors (Lipinski definition) is 6. The van der Waals surface area contributed by atoms with Crippen molar-refractivity contribution in [3.05, 3.63) is 94.5 Å². The lowest BCUT2D eigenvalue weighted by Crippen LogP contribution is -2.46. The molecule has 1 saturated heterocycles. The SMILES string of the molecule is N#CCCCN1CCN(c2ccc(Br)cc2NC(=O)c2cc3ccccc3oc2=Nc2ccccc2)CC1. The molecule has 2 heterocycles. The van der Waals surface area contributed by atoms with E-state index >= 15 is 0 Å². The Hall–Kier alpha value is -3.93. The van der Waals surface area contributed by atoms with E-state index in [1.54, 1.807) is 0 Å². The molecule has 38 heavy (non-hydrogen) atoms. The van der Waals surface area contributed by atoms with E-state index in [0.29, 0.717) is 23.3 Å². The van der Waals surface area contributed by atoms with E-state index in [9.17, 15) is 4.79 Å². The standard InChI is InChI=1S/C30H28BrN5O2/c31-23-12-13-27(36-18-16-35(17-19-36)15-7-6-14-32)26(21-23)34-29(37)25-20-22-8-4-5-11-28(22)38-30(25)33-24-9-2-1-3-10-24/h1-5,8-13,20-21H,6-7,15-19H2,(H,34,37). The Labute approximate surface area is 230 Å². The minimum Gasteiger partial charge on any atom is -0.438 e. The van der Waals surface area contributed by atoms with Gasteiger partial charge in [0.2, 0.25) is 5.55 Å². The van der Waals surface area contributed by atoms with Crippen molar-refractivity contribution < 1.29 is 9.21 Å². The number of unbranched alkanes of at least 4 members (excludes halogenated alkanes) is 1. The first-order chi connectivity index (χ1) is 18.6. The van der Waals surface area contributed by atoms with Crippen molar-refractivity contribution in [1.29, 1.82) is 5.26 Å². The summed E-state index contributed by atoms with van der Waals surface area (Å²) in [5.41, 5.74) is 3.68. The van der Waals surface area contributed by atoms with Gasteiger partial charge in [-0.3, -0.25) is 9.69 Å². The normalized spacial score (nSPS) is 14.4. The lowest BCUT2D eigenvalue weighted by Gasteiger charge is -2.37. The molecule has 0 unspecified atom stereocenters. The lowest BCUT2D eigenvalue weighted by molar-refractivity contribution is 0.102. The first kappa shape index (κ1) is 25.7. The van der Waals surface area contributed by atoms with E-state index in [0.717, 1.165) is 60.4 Å². The zero-order valence-corrected chi connectivity index (χ0v) is 22.5. The summed E-state index contributed by atoms with van der Waals surface area (Å²) in [6, 6.07) is 27.1. The molecule has 0 spiro atoms. The lowest BCUT2D eigenvalue weighted by atomic mass is 10.1. The summed E-state index contributed by atoms with van der Waals surface area (Å²) in [6.45, 7) is 4.45. The first-order valence-corrected chi connectivity index (χ1v) is 13.5. The molecule has 0 aliphatic carbocycles. The van der Waals surface area contributed by atoms with E-state index in [1.807, 2.05) is 78.9 Å². The third kappa shape index (κ3) is 6.13. The van der Waals surface area contributed by atoms with Gasteiger partial charge in [-0.15, -0.1) is 0 Å². The Morgan fingerprint density at radius 2 is 1.76 bits per heavy atom. The molecule has 7 nitrogen and oxygen atoms in total. The molecular weight excluding hydrogens is 542 g/mol. The van der Waals surface area contributed by atoms with Crippen molar-refractivity contribution in [2.75, 3.05) is 42.9 Å². The van der Waals surface area contributed by atoms with Crippen LogP contribution in [-0.4, -0.2) is 43.5 Å². The molecular formula is C30H28BrN5O2. The maximum absolute atomic E-state index is 13.7. The number of amides is 1. The minimum absolute atomic E-state index is 0.259. The first-order valence-electron chi connectivity index (χ1n) is 12.7. The van der Waals surface area contributed by atoms with E-state index < -0.39 is 0 Å². The van der Waals surface area contributed by atoms with Crippen LogP contribution in [0.15, 0.2) is 92.7 Å². The molecule has 0 bridgehead atoms. The van der Waals surface area contributed by atoms with Gasteiger partial charge in [0.1, 0.15) is 11.1 Å². The Morgan fingerprint density at radius 1 is 1.00 bits per heavy atom. The predicted octanol–water partition coefficient (Wildman–Crippen LogP) is 6.11. The van der Waals surface area contributed by atoms with Crippen LogP contribution in [0.25, 0.3) is 11.0 Å². The average Bonchev–Trinajstić information content (AvgIpc) is 2.94. The number of anilines is 2. The molecule has 1 fully saturated rings. The number of rotatable bonds is 7. The quantitative estimate of drug-likeness (QED) is 0.271. The molecule has 1 N–H and O–H groups in total. The number of piperazine rings is 1. The van der Waals surface area contributed by atoms with Crippen molar-refractivity contribution in [3.63, 3.8) is 0 Å². The summed E-state index contributed by atoms with van der Waals surface area (Å²) >= 11 is 3.56. The molecule has 8 heteroatoms. The van der Waals surface area contributed by atoms with E-state index in [-0.39, 0.29) is 11.5 Å². The van der Waals surface area contributed by atoms with Gasteiger partial charge in [0.25, 0.3) is 5.91 Å². The second-order valence-corrected chi connectivity index (χ2v) is 10.1. The number of nitriles is 1. The van der Waals surface area contributed by atoms with Crippen molar-refractivity contribution in [2.24, 2.45) is 4.99 Å². The molecule has 3 aromatic carbocycles. The number of nitrogens with zero attached hydrogens (tertiary/aromatic N) is 4. The number of benzene rings is 3. The van der Waals surface area contributed by atoms with Gasteiger partial charge in [0.15, 0.2) is 0 Å². The molecule has 5 rings (SSSR count). The zero-order chi connectivity index (χ0) is 26.3. The Bertz CT molecular complexity index is 1540. The molecule has 4 aromatic rings. The van der Waals surface area contributed by atoms with Crippen LogP contribution in [0.5, 0.6) is 0 Å². The predicted molar refractivity (Wildman–Crippen MR) is 153 cm³/mol. The van der Waals surface area contributed by atoms with Crippen molar-refractivity contribution in [2.45, 2.75) is 12.8 Å². The number of fused-ring (bicyclic) bond motifs is 1. The van der Waals surface area contributed by atoms with Gasteiger partial charge < -0.3 is 14.6 Å². The van der Waals surface area contributed by atoms with Gasteiger partial charge in [-0.1, -0.05) is 52.3 Å². The van der Waals surface area contributed by atoms with Crippen LogP contribution in [0.1, 0.15) is 23.2 Å². The van der Waals surface area contributed by atoms with Gasteiger partial charge in [-0.25, -0.2) is 4.99 Å². The number of carbonyl (C=O) groups excluding carboxylic acids is 1. The highest BCUT2D eigenvalue weighted by atomic mass is 79.9. The molecule has 0 atom stereocenters. The fraction of sp³-hybridized carbons (Fsp3) is 0.233. The summed E-state index contributed by atoms with van der Waals surface area (Å²) in [5, 5.41) is 12.8. The molecule has 1 aromatic heterocycles. The summed E-state index contributed by atoms with van der Waals surface area (Å²) in [4.78, 5) is 23.0. The number of halogens is 1. The van der Waals surface area contributed by atoms with Crippen LogP contribution in [0.4, 0.5) is 17.1 Å². The average molecular weight is 570 g/mol. The summed E-state index contributed by atoms with van der Waals surface area (Å²) < 4.78 is 6.98. The Morgan fingerprint density at radius 3 is 2.55 bits per heavy atom. The highest BCUT2D eigenvalue weighted by molar-refractivity contribution is 9.10. The number of nitrogens with one attached hydrogen (secondary N) is 1. The smallest absolute Gasteiger partial charge is 0.261 e. The molecule has 0 radical (unpaired) electrons. The van der Waals surface area contributed by atoms with Crippen LogP contribution in [0.2, 0.25) is 0 Å². The van der Waals surface area contributed by atoms with Gasteiger partial charge in [0, 0.05) is 42.5 Å². The van der Waals surface area contributed by atoms with Crippen LogP contribution in [0, 0.1) is 11.3 Å². The van der Waals surface area contributed by atoms with Crippen molar-refractivity contribution in [3.8, 4) is 6.07 Å². The molecule has 0 saturated carbocycles. The monoisotopic (exact) mass is 569 g/mol. The maximum Gasteiger partial charge on any atom is 0.261 e. The minimum atomic E-state index is -0.288. The second kappa shape index (κ2) is 12.1. The highest BCUT2D eigenvalue weighted by Crippen LogP contribution is 2.31. The topological polar surface area (TPSA) is 84.9 Å². The molecule has 192 valence electrons.